The Morgan fingerprint density at radius 2 is 1.88 bits per heavy atom. The number of non-ortho nitro benzene ring substituents is 1. The fraction of sp³-hybridized carbons (Fsp3) is 0.0833. The number of benzene rings is 1. The van der Waals surface area contributed by atoms with Gasteiger partial charge in [-0.15, -0.1) is 11.8 Å². The van der Waals surface area contributed by atoms with Crippen molar-refractivity contribution in [2.75, 3.05) is 11.7 Å². The number of nitro benzene ring substituents is 2. The van der Waals surface area contributed by atoms with E-state index >= 15 is 0 Å². The molecule has 126 valence electrons. The van der Waals surface area contributed by atoms with Crippen LogP contribution < -0.4 is 10.9 Å². The van der Waals surface area contributed by atoms with Crippen molar-refractivity contribution < 1.29 is 9.85 Å². The van der Waals surface area contributed by atoms with E-state index in [9.17, 15) is 25.0 Å². The summed E-state index contributed by atoms with van der Waals surface area (Å²) in [7, 11) is 0. The van der Waals surface area contributed by atoms with Crippen molar-refractivity contribution in [3.8, 4) is 0 Å². The van der Waals surface area contributed by atoms with E-state index < -0.39 is 26.7 Å². The molecule has 0 saturated carbocycles. The third-order valence-electron chi connectivity index (χ3n) is 2.89. The molecule has 0 bridgehead atoms. The van der Waals surface area contributed by atoms with Gasteiger partial charge in [0.05, 0.1) is 22.1 Å². The van der Waals surface area contributed by atoms with Crippen LogP contribution in [0.3, 0.4) is 0 Å². The van der Waals surface area contributed by atoms with E-state index in [1.54, 1.807) is 6.26 Å². The first-order valence-electron chi connectivity index (χ1n) is 6.10. The number of hydrogen-bond acceptors (Lipinski definition) is 7. The van der Waals surface area contributed by atoms with Crippen LogP contribution in [0, 0.1) is 20.2 Å². The Labute approximate surface area is 148 Å². The molecule has 12 heteroatoms. The van der Waals surface area contributed by atoms with E-state index in [0.29, 0.717) is 0 Å². The average molecular weight is 391 g/mol. The van der Waals surface area contributed by atoms with Crippen LogP contribution >= 0.6 is 35.0 Å². The summed E-state index contributed by atoms with van der Waals surface area (Å²) in [5, 5.41) is 21.9. The summed E-state index contributed by atoms with van der Waals surface area (Å²) in [6.07, 6.45) is 2.86. The summed E-state index contributed by atoms with van der Waals surface area (Å²) in [6.45, 7) is 0. The van der Waals surface area contributed by atoms with Crippen molar-refractivity contribution in [1.82, 2.24) is 4.68 Å². The van der Waals surface area contributed by atoms with Gasteiger partial charge in [0.25, 0.3) is 5.69 Å². The highest BCUT2D eigenvalue weighted by atomic mass is 35.5. The highest BCUT2D eigenvalue weighted by Crippen LogP contribution is 2.31. The van der Waals surface area contributed by atoms with Crippen LogP contribution in [0.15, 0.2) is 34.2 Å². The number of anilines is 1. The monoisotopic (exact) mass is 390 g/mol. The summed E-state index contributed by atoms with van der Waals surface area (Å²) in [4.78, 5) is 32.2. The van der Waals surface area contributed by atoms with Crippen molar-refractivity contribution in [2.45, 2.75) is 5.03 Å². The van der Waals surface area contributed by atoms with Crippen molar-refractivity contribution in [1.29, 1.82) is 0 Å². The predicted octanol–water partition coefficient (Wildman–Crippen LogP) is 3.57. The van der Waals surface area contributed by atoms with E-state index in [-0.39, 0.29) is 20.8 Å². The maximum absolute atomic E-state index is 11.7. The van der Waals surface area contributed by atoms with Crippen LogP contribution in [-0.2, 0) is 0 Å². The average Bonchev–Trinajstić information content (AvgIpc) is 2.53. The van der Waals surface area contributed by atoms with Gasteiger partial charge in [0.1, 0.15) is 20.8 Å². The van der Waals surface area contributed by atoms with Crippen LogP contribution in [0.4, 0.5) is 17.1 Å². The Morgan fingerprint density at radius 1 is 1.21 bits per heavy atom. The van der Waals surface area contributed by atoms with E-state index in [0.717, 1.165) is 23.9 Å². The van der Waals surface area contributed by atoms with Crippen molar-refractivity contribution in [3.63, 3.8) is 0 Å². The van der Waals surface area contributed by atoms with Gasteiger partial charge in [-0.25, -0.2) is 0 Å². The summed E-state index contributed by atoms with van der Waals surface area (Å²) < 4.78 is 1.24. The Morgan fingerprint density at radius 3 is 2.42 bits per heavy atom. The Bertz CT molecular complexity index is 902. The minimum Gasteiger partial charge on any atom is -0.287 e. The second kappa shape index (κ2) is 7.07. The van der Waals surface area contributed by atoms with Gasteiger partial charge < -0.3 is 0 Å². The molecule has 2 aromatic rings. The number of nitro groups is 2. The van der Waals surface area contributed by atoms with E-state index in [4.69, 9.17) is 23.2 Å². The van der Waals surface area contributed by atoms with Crippen molar-refractivity contribution >= 4 is 52.0 Å². The Balaban J connectivity index is 2.58. The second-order valence-corrected chi connectivity index (χ2v) is 5.91. The van der Waals surface area contributed by atoms with Gasteiger partial charge in [0.2, 0.25) is 5.43 Å². The quantitative estimate of drug-likeness (QED) is 0.470. The molecule has 2 rings (SSSR count). The van der Waals surface area contributed by atoms with Crippen LogP contribution in [0.25, 0.3) is 0 Å². The zero-order valence-electron chi connectivity index (χ0n) is 11.9. The Hall–Kier alpha value is -2.30. The first kappa shape index (κ1) is 18.0. The van der Waals surface area contributed by atoms with Crippen molar-refractivity contribution in [3.05, 3.63) is 64.9 Å². The lowest BCUT2D eigenvalue weighted by molar-refractivity contribution is -0.393. The molecule has 1 N–H and O–H groups in total. The third-order valence-corrected chi connectivity index (χ3v) is 4.41. The van der Waals surface area contributed by atoms with Gasteiger partial charge in [-0.2, -0.15) is 0 Å². The zero-order chi connectivity index (χ0) is 18.0. The molecule has 0 saturated heterocycles. The minimum absolute atomic E-state index is 0.0308. The largest absolute Gasteiger partial charge is 0.300 e. The number of nitrogens with one attached hydrogen (secondary N) is 1. The number of pyridine rings is 1. The third kappa shape index (κ3) is 3.45. The van der Waals surface area contributed by atoms with Gasteiger partial charge in [-0.1, -0.05) is 23.2 Å². The molecule has 0 unspecified atom stereocenters. The SMILES string of the molecule is CSc1c(Cl)c(=O)c(Cl)cn1Nc1ccc([N+](=O)[O-])cc1[N+](=O)[O-]. The van der Waals surface area contributed by atoms with E-state index in [2.05, 4.69) is 5.43 Å². The molecule has 1 heterocycles. The van der Waals surface area contributed by atoms with Gasteiger partial charge >= 0.3 is 5.69 Å². The topological polar surface area (TPSA) is 120 Å². The van der Waals surface area contributed by atoms with E-state index in [1.807, 2.05) is 0 Å². The molecule has 0 aliphatic carbocycles. The lowest BCUT2D eigenvalue weighted by atomic mass is 10.2. The normalized spacial score (nSPS) is 10.5. The zero-order valence-corrected chi connectivity index (χ0v) is 14.2. The summed E-state index contributed by atoms with van der Waals surface area (Å²) in [5.41, 5.74) is 1.14. The fourth-order valence-electron chi connectivity index (χ4n) is 1.82. The molecule has 0 fully saturated rings. The predicted molar refractivity (Wildman–Crippen MR) is 91.3 cm³/mol. The summed E-state index contributed by atoms with van der Waals surface area (Å²) in [6, 6.07) is 3.12. The number of thioether (sulfide) groups is 1. The molecule has 1 aromatic carbocycles. The molecular formula is C12H8Cl2N4O5S. The maximum atomic E-state index is 11.7. The van der Waals surface area contributed by atoms with Gasteiger partial charge in [-0.3, -0.25) is 35.1 Å². The molecule has 0 aliphatic rings. The minimum atomic E-state index is -0.764. The Kier molecular flexibility index (Phi) is 5.32. The summed E-state index contributed by atoms with van der Waals surface area (Å²) in [5.74, 6) is 0. The maximum Gasteiger partial charge on any atom is 0.300 e. The van der Waals surface area contributed by atoms with Crippen LogP contribution in [0.2, 0.25) is 10.0 Å². The number of halogens is 2. The molecule has 9 nitrogen and oxygen atoms in total. The lowest BCUT2D eigenvalue weighted by Crippen LogP contribution is -2.18. The van der Waals surface area contributed by atoms with Gasteiger partial charge in [0.15, 0.2) is 0 Å². The molecule has 1 aromatic heterocycles. The molecule has 0 spiro atoms. The number of nitrogens with zero attached hydrogens (tertiary/aromatic N) is 3. The van der Waals surface area contributed by atoms with Gasteiger partial charge in [0, 0.05) is 6.07 Å². The number of aromatic nitrogens is 1. The summed E-state index contributed by atoms with van der Waals surface area (Å²) >= 11 is 12.8. The molecule has 0 radical (unpaired) electrons. The van der Waals surface area contributed by atoms with Gasteiger partial charge in [-0.05, 0) is 12.3 Å². The smallest absolute Gasteiger partial charge is 0.287 e. The molecule has 0 amide bonds. The highest BCUT2D eigenvalue weighted by molar-refractivity contribution is 7.98. The fourth-order valence-corrected chi connectivity index (χ4v) is 3.05. The first-order chi connectivity index (χ1) is 11.3. The molecule has 0 atom stereocenters. The van der Waals surface area contributed by atoms with Crippen LogP contribution in [-0.4, -0.2) is 20.8 Å². The number of hydrogen-bond donors (Lipinski definition) is 1. The van der Waals surface area contributed by atoms with Crippen LogP contribution in [0.5, 0.6) is 0 Å². The van der Waals surface area contributed by atoms with E-state index in [1.165, 1.54) is 16.9 Å². The second-order valence-electron chi connectivity index (χ2n) is 4.33. The lowest BCUT2D eigenvalue weighted by Gasteiger charge is -2.15. The molecule has 24 heavy (non-hydrogen) atoms. The van der Waals surface area contributed by atoms with Crippen LogP contribution in [0.1, 0.15) is 0 Å². The molecular weight excluding hydrogens is 383 g/mol. The first-order valence-corrected chi connectivity index (χ1v) is 8.08. The van der Waals surface area contributed by atoms with Crippen molar-refractivity contribution in [2.24, 2.45) is 0 Å². The standard InChI is InChI=1S/C12H8Cl2N4O5S/c1-24-12-10(14)11(19)7(13)5-16(12)15-8-3-2-6(17(20)21)4-9(8)18(22)23/h2-5,15H,1H3. The highest BCUT2D eigenvalue weighted by Gasteiger charge is 2.21. The number of rotatable bonds is 5. The molecule has 0 aliphatic heterocycles.